The Bertz CT molecular complexity index is 738. The van der Waals surface area contributed by atoms with Gasteiger partial charge in [-0.3, -0.25) is 4.79 Å². The van der Waals surface area contributed by atoms with Gasteiger partial charge in [0.1, 0.15) is 0 Å². The molecule has 0 spiro atoms. The van der Waals surface area contributed by atoms with Crippen molar-refractivity contribution in [2.24, 2.45) is 0 Å². The molecule has 0 saturated heterocycles. The first-order valence-corrected chi connectivity index (χ1v) is 8.57. The highest BCUT2D eigenvalue weighted by Crippen LogP contribution is 2.35. The van der Waals surface area contributed by atoms with Gasteiger partial charge in [0.05, 0.1) is 33.0 Å². The third-order valence-electron chi connectivity index (χ3n) is 2.98. The Labute approximate surface area is 158 Å². The van der Waals surface area contributed by atoms with Crippen LogP contribution in [0.5, 0.6) is 11.5 Å². The molecule has 0 bridgehead atoms. The maximum Gasteiger partial charge on any atom is 0.255 e. The summed E-state index contributed by atoms with van der Waals surface area (Å²) in [7, 11) is 1.53. The van der Waals surface area contributed by atoms with Crippen LogP contribution in [0.15, 0.2) is 30.3 Å². The van der Waals surface area contributed by atoms with Crippen molar-refractivity contribution in [1.29, 1.82) is 0 Å². The summed E-state index contributed by atoms with van der Waals surface area (Å²) in [5.41, 5.74) is 0.887. The van der Waals surface area contributed by atoms with E-state index in [1.807, 2.05) is 6.92 Å². The number of carbonyl (C=O) groups excluding carboxylic acids is 1. The predicted molar refractivity (Wildman–Crippen MR) is 101 cm³/mol. The number of carbonyl (C=O) groups is 1. The summed E-state index contributed by atoms with van der Waals surface area (Å²) in [6.45, 7) is 2.40. The first kappa shape index (κ1) is 18.2. The van der Waals surface area contributed by atoms with E-state index in [4.69, 9.17) is 32.7 Å². The average molecular weight is 466 g/mol. The van der Waals surface area contributed by atoms with E-state index >= 15 is 0 Å². The zero-order chi connectivity index (χ0) is 17.0. The van der Waals surface area contributed by atoms with Crippen molar-refractivity contribution in [1.82, 2.24) is 0 Å². The summed E-state index contributed by atoms with van der Waals surface area (Å²) in [5.74, 6) is 0.808. The number of nitrogens with one attached hydrogen (secondary N) is 1. The lowest BCUT2D eigenvalue weighted by atomic mass is 10.2. The van der Waals surface area contributed by atoms with Crippen molar-refractivity contribution in [2.45, 2.75) is 6.92 Å². The van der Waals surface area contributed by atoms with E-state index in [1.165, 1.54) is 7.11 Å². The van der Waals surface area contributed by atoms with Crippen molar-refractivity contribution < 1.29 is 14.3 Å². The lowest BCUT2D eigenvalue weighted by Gasteiger charge is -2.14. The summed E-state index contributed by atoms with van der Waals surface area (Å²) in [4.78, 5) is 12.5. The zero-order valence-corrected chi connectivity index (χ0v) is 16.1. The van der Waals surface area contributed by atoms with E-state index in [0.29, 0.717) is 39.4 Å². The zero-order valence-electron chi connectivity index (χ0n) is 12.5. The highest BCUT2D eigenvalue weighted by molar-refractivity contribution is 14.1. The quantitative estimate of drug-likeness (QED) is 0.613. The van der Waals surface area contributed by atoms with E-state index in [0.717, 1.165) is 3.57 Å². The first-order chi connectivity index (χ1) is 11.0. The minimum atomic E-state index is -0.312. The van der Waals surface area contributed by atoms with Crippen molar-refractivity contribution in [3.8, 4) is 11.5 Å². The van der Waals surface area contributed by atoms with Crippen molar-refractivity contribution >= 4 is 57.4 Å². The van der Waals surface area contributed by atoms with Crippen LogP contribution >= 0.6 is 45.8 Å². The van der Waals surface area contributed by atoms with Gasteiger partial charge in [0, 0.05) is 5.56 Å². The highest BCUT2D eigenvalue weighted by atomic mass is 127. The smallest absolute Gasteiger partial charge is 0.255 e. The molecule has 2 rings (SSSR count). The van der Waals surface area contributed by atoms with Crippen LogP contribution in [0.4, 0.5) is 5.69 Å². The molecule has 2 aromatic carbocycles. The number of rotatable bonds is 5. The van der Waals surface area contributed by atoms with Gasteiger partial charge in [-0.2, -0.15) is 0 Å². The molecule has 0 heterocycles. The largest absolute Gasteiger partial charge is 0.493 e. The fourth-order valence-electron chi connectivity index (χ4n) is 1.93. The van der Waals surface area contributed by atoms with Crippen LogP contribution in [0.2, 0.25) is 10.0 Å². The van der Waals surface area contributed by atoms with E-state index in [9.17, 15) is 4.79 Å². The van der Waals surface area contributed by atoms with Crippen LogP contribution in [0, 0.1) is 3.57 Å². The van der Waals surface area contributed by atoms with Gasteiger partial charge >= 0.3 is 0 Å². The Morgan fingerprint density at radius 1 is 1.30 bits per heavy atom. The average Bonchev–Trinajstić information content (AvgIpc) is 2.53. The van der Waals surface area contributed by atoms with Crippen LogP contribution in [0.1, 0.15) is 17.3 Å². The van der Waals surface area contributed by atoms with Crippen molar-refractivity contribution in [3.05, 3.63) is 49.5 Å². The fraction of sp³-hybridized carbons (Fsp3) is 0.188. The predicted octanol–water partition coefficient (Wildman–Crippen LogP) is 5.26. The first-order valence-electron chi connectivity index (χ1n) is 6.73. The summed E-state index contributed by atoms with van der Waals surface area (Å²) in [6, 6.07) is 8.40. The molecule has 0 saturated carbocycles. The lowest BCUT2D eigenvalue weighted by molar-refractivity contribution is 0.102. The van der Waals surface area contributed by atoms with Gasteiger partial charge in [-0.15, -0.1) is 0 Å². The molecular weight excluding hydrogens is 452 g/mol. The Kier molecular flexibility index (Phi) is 6.38. The molecule has 0 aliphatic heterocycles. The minimum absolute atomic E-state index is 0.301. The number of amides is 1. The number of benzene rings is 2. The molecule has 1 amide bonds. The Morgan fingerprint density at radius 2 is 2.04 bits per heavy atom. The standard InChI is InChI=1S/C16H14Cl2INO3/c1-3-23-15-11(19)7-9(8-13(15)22-2)16(21)20-12-6-4-5-10(17)14(12)18/h4-8H,3H2,1-2H3,(H,20,21). The van der Waals surface area contributed by atoms with Crippen molar-refractivity contribution in [2.75, 3.05) is 19.0 Å². The monoisotopic (exact) mass is 465 g/mol. The molecule has 0 aliphatic rings. The molecule has 23 heavy (non-hydrogen) atoms. The van der Waals surface area contributed by atoms with Gasteiger partial charge in [0.2, 0.25) is 0 Å². The van der Waals surface area contributed by atoms with Gasteiger partial charge in [-0.25, -0.2) is 0 Å². The molecule has 1 N–H and O–H groups in total. The maximum atomic E-state index is 12.5. The van der Waals surface area contributed by atoms with Gasteiger partial charge in [-0.1, -0.05) is 29.3 Å². The molecule has 2 aromatic rings. The van der Waals surface area contributed by atoms with E-state index < -0.39 is 0 Å². The second-order valence-electron chi connectivity index (χ2n) is 4.48. The molecular formula is C16H14Cl2INO3. The number of halogens is 3. The maximum absolute atomic E-state index is 12.5. The lowest BCUT2D eigenvalue weighted by Crippen LogP contribution is -2.13. The van der Waals surface area contributed by atoms with Crippen molar-refractivity contribution in [3.63, 3.8) is 0 Å². The van der Waals surface area contributed by atoms with Crippen LogP contribution in [0.3, 0.4) is 0 Å². The number of methoxy groups -OCH3 is 1. The summed E-state index contributed by atoms with van der Waals surface area (Å²) in [6.07, 6.45) is 0. The highest BCUT2D eigenvalue weighted by Gasteiger charge is 2.16. The van der Waals surface area contributed by atoms with Crippen LogP contribution in [0.25, 0.3) is 0 Å². The fourth-order valence-corrected chi connectivity index (χ4v) is 3.03. The number of ether oxygens (including phenoxy) is 2. The molecule has 0 aliphatic carbocycles. The van der Waals surface area contributed by atoms with Gasteiger partial charge < -0.3 is 14.8 Å². The Hall–Kier alpha value is -1.18. The number of hydrogen-bond donors (Lipinski definition) is 1. The van der Waals surface area contributed by atoms with E-state index in [2.05, 4.69) is 27.9 Å². The summed E-state index contributed by atoms with van der Waals surface area (Å²) < 4.78 is 11.6. The molecule has 4 nitrogen and oxygen atoms in total. The third kappa shape index (κ3) is 4.22. The van der Waals surface area contributed by atoms with Crippen LogP contribution in [-0.4, -0.2) is 19.6 Å². The summed E-state index contributed by atoms with van der Waals surface area (Å²) >= 11 is 14.1. The van der Waals surface area contributed by atoms with Gasteiger partial charge in [0.25, 0.3) is 5.91 Å². The topological polar surface area (TPSA) is 47.6 Å². The molecule has 0 radical (unpaired) electrons. The number of hydrogen-bond acceptors (Lipinski definition) is 3. The molecule has 7 heteroatoms. The summed E-state index contributed by atoms with van der Waals surface area (Å²) in [5, 5.41) is 3.42. The molecule has 0 unspecified atom stereocenters. The second kappa shape index (κ2) is 8.08. The Balaban J connectivity index is 2.32. The van der Waals surface area contributed by atoms with Gasteiger partial charge in [0.15, 0.2) is 11.5 Å². The van der Waals surface area contributed by atoms with Crippen LogP contribution in [-0.2, 0) is 0 Å². The molecule has 0 atom stereocenters. The Morgan fingerprint density at radius 3 is 2.70 bits per heavy atom. The van der Waals surface area contributed by atoms with Gasteiger partial charge in [-0.05, 0) is 53.8 Å². The van der Waals surface area contributed by atoms with E-state index in [1.54, 1.807) is 30.3 Å². The number of anilines is 1. The normalized spacial score (nSPS) is 10.3. The SMILES string of the molecule is CCOc1c(I)cc(C(=O)Nc2cccc(Cl)c2Cl)cc1OC. The molecule has 0 aromatic heterocycles. The minimum Gasteiger partial charge on any atom is -0.493 e. The second-order valence-corrected chi connectivity index (χ2v) is 6.43. The molecule has 0 fully saturated rings. The molecule has 122 valence electrons. The van der Waals surface area contributed by atoms with E-state index in [-0.39, 0.29) is 5.91 Å². The van der Waals surface area contributed by atoms with Crippen LogP contribution < -0.4 is 14.8 Å². The third-order valence-corrected chi connectivity index (χ3v) is 4.60.